The SMILES string of the molecule is CCCCC(C)CC(Oc1ccc(C(C)CC)cc1)OC1CCCCC1. The quantitative estimate of drug-likeness (QED) is 0.381. The first-order chi connectivity index (χ1) is 12.6. The zero-order valence-corrected chi connectivity index (χ0v) is 17.5. The van der Waals surface area contributed by atoms with Crippen LogP contribution in [0.5, 0.6) is 5.75 Å². The highest BCUT2D eigenvalue weighted by atomic mass is 16.7. The van der Waals surface area contributed by atoms with Crippen molar-refractivity contribution in [3.05, 3.63) is 29.8 Å². The van der Waals surface area contributed by atoms with Crippen LogP contribution in [0.3, 0.4) is 0 Å². The van der Waals surface area contributed by atoms with E-state index in [0.717, 1.165) is 12.2 Å². The molecule has 2 heteroatoms. The van der Waals surface area contributed by atoms with Crippen LogP contribution in [0, 0.1) is 5.92 Å². The topological polar surface area (TPSA) is 18.5 Å². The lowest BCUT2D eigenvalue weighted by Crippen LogP contribution is -2.30. The van der Waals surface area contributed by atoms with E-state index in [0.29, 0.717) is 17.9 Å². The first-order valence-electron chi connectivity index (χ1n) is 11.0. The van der Waals surface area contributed by atoms with Crippen molar-refractivity contribution in [3.63, 3.8) is 0 Å². The molecule has 0 amide bonds. The van der Waals surface area contributed by atoms with E-state index in [2.05, 4.69) is 52.0 Å². The van der Waals surface area contributed by atoms with E-state index < -0.39 is 0 Å². The van der Waals surface area contributed by atoms with Crippen molar-refractivity contribution in [2.75, 3.05) is 0 Å². The molecule has 26 heavy (non-hydrogen) atoms. The third-order valence-electron chi connectivity index (χ3n) is 5.87. The van der Waals surface area contributed by atoms with Crippen molar-refractivity contribution in [1.29, 1.82) is 0 Å². The second-order valence-corrected chi connectivity index (χ2v) is 8.30. The molecular formula is C24H40O2. The first kappa shape index (κ1) is 21.3. The zero-order chi connectivity index (χ0) is 18.8. The van der Waals surface area contributed by atoms with Gasteiger partial charge in [-0.1, -0.05) is 78.4 Å². The van der Waals surface area contributed by atoms with E-state index in [1.807, 2.05) is 0 Å². The Morgan fingerprint density at radius 3 is 2.31 bits per heavy atom. The molecule has 0 spiro atoms. The molecule has 1 aliphatic rings. The molecule has 0 radical (unpaired) electrons. The van der Waals surface area contributed by atoms with E-state index in [1.165, 1.54) is 63.4 Å². The summed E-state index contributed by atoms with van der Waals surface area (Å²) in [6.07, 6.45) is 12.6. The predicted octanol–water partition coefficient (Wildman–Crippen LogP) is 7.47. The van der Waals surface area contributed by atoms with Gasteiger partial charge in [0.25, 0.3) is 0 Å². The third-order valence-corrected chi connectivity index (χ3v) is 5.87. The molecular weight excluding hydrogens is 320 g/mol. The van der Waals surface area contributed by atoms with Crippen molar-refractivity contribution in [2.24, 2.45) is 5.92 Å². The van der Waals surface area contributed by atoms with E-state index in [-0.39, 0.29) is 6.29 Å². The summed E-state index contributed by atoms with van der Waals surface area (Å²) in [5, 5.41) is 0. The van der Waals surface area contributed by atoms with E-state index >= 15 is 0 Å². The summed E-state index contributed by atoms with van der Waals surface area (Å²) in [5.41, 5.74) is 1.39. The van der Waals surface area contributed by atoms with Gasteiger partial charge in [0.15, 0.2) is 6.29 Å². The molecule has 2 rings (SSSR count). The maximum atomic E-state index is 6.42. The van der Waals surface area contributed by atoms with Gasteiger partial charge in [-0.25, -0.2) is 0 Å². The maximum Gasteiger partial charge on any atom is 0.200 e. The number of hydrogen-bond donors (Lipinski definition) is 0. The maximum absolute atomic E-state index is 6.42. The molecule has 0 aliphatic heterocycles. The fraction of sp³-hybridized carbons (Fsp3) is 0.750. The standard InChI is InChI=1S/C24H40O2/c1-5-7-11-19(3)18-24(25-22-12-9-8-10-13-22)26-23-16-14-21(15-17-23)20(4)6-2/h14-17,19-20,22,24H,5-13,18H2,1-4H3. The summed E-state index contributed by atoms with van der Waals surface area (Å²) in [7, 11) is 0. The van der Waals surface area contributed by atoms with Crippen LogP contribution < -0.4 is 4.74 Å². The summed E-state index contributed by atoms with van der Waals surface area (Å²) >= 11 is 0. The smallest absolute Gasteiger partial charge is 0.200 e. The zero-order valence-electron chi connectivity index (χ0n) is 17.5. The summed E-state index contributed by atoms with van der Waals surface area (Å²) in [4.78, 5) is 0. The minimum absolute atomic E-state index is 0.112. The highest BCUT2D eigenvalue weighted by Gasteiger charge is 2.22. The molecule has 1 aromatic carbocycles. The number of rotatable bonds is 11. The molecule has 0 bridgehead atoms. The van der Waals surface area contributed by atoms with Gasteiger partial charge in [0.1, 0.15) is 5.75 Å². The predicted molar refractivity (Wildman–Crippen MR) is 111 cm³/mol. The van der Waals surface area contributed by atoms with Crippen molar-refractivity contribution >= 4 is 0 Å². The Hall–Kier alpha value is -1.02. The van der Waals surface area contributed by atoms with Crippen molar-refractivity contribution in [1.82, 2.24) is 0 Å². The monoisotopic (exact) mass is 360 g/mol. The minimum atomic E-state index is -0.112. The molecule has 0 heterocycles. The molecule has 0 saturated heterocycles. The summed E-state index contributed by atoms with van der Waals surface area (Å²) < 4.78 is 12.7. The van der Waals surface area contributed by atoms with Crippen molar-refractivity contribution in [3.8, 4) is 5.75 Å². The molecule has 0 aromatic heterocycles. The molecule has 1 fully saturated rings. The van der Waals surface area contributed by atoms with Crippen LogP contribution in [0.15, 0.2) is 24.3 Å². The normalized spacial score (nSPS) is 19.1. The Kier molecular flexibility index (Phi) is 9.53. The number of hydrogen-bond acceptors (Lipinski definition) is 2. The minimum Gasteiger partial charge on any atom is -0.465 e. The average Bonchev–Trinajstić information content (AvgIpc) is 2.67. The Labute approximate surface area is 161 Å². The van der Waals surface area contributed by atoms with Gasteiger partial charge in [-0.15, -0.1) is 0 Å². The fourth-order valence-electron chi connectivity index (χ4n) is 3.81. The molecule has 1 aliphatic carbocycles. The molecule has 148 valence electrons. The van der Waals surface area contributed by atoms with Crippen LogP contribution in [-0.2, 0) is 4.74 Å². The van der Waals surface area contributed by atoms with Crippen LogP contribution in [-0.4, -0.2) is 12.4 Å². The molecule has 1 saturated carbocycles. The Morgan fingerprint density at radius 2 is 1.69 bits per heavy atom. The van der Waals surface area contributed by atoms with E-state index in [4.69, 9.17) is 9.47 Å². The average molecular weight is 361 g/mol. The lowest BCUT2D eigenvalue weighted by Gasteiger charge is -2.29. The second kappa shape index (κ2) is 11.6. The molecule has 1 aromatic rings. The summed E-state index contributed by atoms with van der Waals surface area (Å²) in [6.45, 7) is 9.11. The van der Waals surface area contributed by atoms with E-state index in [1.54, 1.807) is 0 Å². The van der Waals surface area contributed by atoms with Crippen molar-refractivity contribution in [2.45, 2.75) is 110 Å². The van der Waals surface area contributed by atoms with Crippen LogP contribution in [0.2, 0.25) is 0 Å². The van der Waals surface area contributed by atoms with Crippen LogP contribution in [0.4, 0.5) is 0 Å². The first-order valence-corrected chi connectivity index (χ1v) is 11.0. The number of ether oxygens (including phenoxy) is 2. The van der Waals surface area contributed by atoms with Gasteiger partial charge in [-0.2, -0.15) is 0 Å². The van der Waals surface area contributed by atoms with Crippen molar-refractivity contribution < 1.29 is 9.47 Å². The Bertz CT molecular complexity index is 475. The van der Waals surface area contributed by atoms with Gasteiger partial charge in [-0.3, -0.25) is 0 Å². The van der Waals surface area contributed by atoms with Gasteiger partial charge < -0.3 is 9.47 Å². The summed E-state index contributed by atoms with van der Waals surface area (Å²) in [5.74, 6) is 2.19. The number of benzene rings is 1. The molecule has 3 unspecified atom stereocenters. The van der Waals surface area contributed by atoms with Gasteiger partial charge >= 0.3 is 0 Å². The molecule has 3 atom stereocenters. The van der Waals surface area contributed by atoms with Gasteiger partial charge in [0.05, 0.1) is 6.10 Å². The molecule has 0 N–H and O–H groups in total. The van der Waals surface area contributed by atoms with Gasteiger partial charge in [0, 0.05) is 6.42 Å². The highest BCUT2D eigenvalue weighted by molar-refractivity contribution is 5.29. The third kappa shape index (κ3) is 7.31. The van der Waals surface area contributed by atoms with Crippen LogP contribution in [0.1, 0.15) is 103 Å². The number of unbranched alkanes of at least 4 members (excludes halogenated alkanes) is 1. The Balaban J connectivity index is 1.96. The van der Waals surface area contributed by atoms with E-state index in [9.17, 15) is 0 Å². The largest absolute Gasteiger partial charge is 0.465 e. The van der Waals surface area contributed by atoms with Crippen LogP contribution >= 0.6 is 0 Å². The lowest BCUT2D eigenvalue weighted by molar-refractivity contribution is -0.137. The summed E-state index contributed by atoms with van der Waals surface area (Å²) in [6, 6.07) is 8.66. The van der Waals surface area contributed by atoms with Crippen LogP contribution in [0.25, 0.3) is 0 Å². The second-order valence-electron chi connectivity index (χ2n) is 8.30. The fourth-order valence-corrected chi connectivity index (χ4v) is 3.81. The lowest BCUT2D eigenvalue weighted by atomic mass is 9.97. The highest BCUT2D eigenvalue weighted by Crippen LogP contribution is 2.27. The Morgan fingerprint density at radius 1 is 1.00 bits per heavy atom. The van der Waals surface area contributed by atoms with Gasteiger partial charge in [-0.05, 0) is 48.8 Å². The van der Waals surface area contributed by atoms with Gasteiger partial charge in [0.2, 0.25) is 0 Å². The molecule has 2 nitrogen and oxygen atoms in total.